The van der Waals surface area contributed by atoms with Crippen LogP contribution in [0.1, 0.15) is 31.7 Å². The van der Waals surface area contributed by atoms with Crippen molar-refractivity contribution in [2.75, 3.05) is 6.54 Å². The van der Waals surface area contributed by atoms with E-state index >= 15 is 0 Å². The number of hydrogen-bond donors (Lipinski definition) is 1. The molecule has 2 rings (SSSR count). The predicted octanol–water partition coefficient (Wildman–Crippen LogP) is 3.44. The van der Waals surface area contributed by atoms with Gasteiger partial charge in [-0.2, -0.15) is 0 Å². The van der Waals surface area contributed by atoms with E-state index in [9.17, 15) is 0 Å². The van der Waals surface area contributed by atoms with Crippen molar-refractivity contribution in [1.29, 1.82) is 0 Å². The molecule has 1 heterocycles. The van der Waals surface area contributed by atoms with Gasteiger partial charge in [0, 0.05) is 10.0 Å². The maximum Gasteiger partial charge on any atom is 0.0447 e. The zero-order valence-electron chi connectivity index (χ0n) is 8.52. The monoisotopic (exact) mass is 253 g/mol. The molecule has 1 N–H and O–H groups in total. The van der Waals surface area contributed by atoms with Crippen molar-refractivity contribution in [3.63, 3.8) is 0 Å². The van der Waals surface area contributed by atoms with Crippen molar-refractivity contribution in [3.05, 3.63) is 34.3 Å². The van der Waals surface area contributed by atoms with Crippen molar-refractivity contribution in [2.24, 2.45) is 0 Å². The second kappa shape index (κ2) is 4.03. The molecule has 1 fully saturated rings. The Kier molecular flexibility index (Phi) is 2.93. The van der Waals surface area contributed by atoms with Crippen LogP contribution in [-0.4, -0.2) is 6.54 Å². The third-order valence-corrected chi connectivity index (χ3v) is 3.56. The van der Waals surface area contributed by atoms with Crippen LogP contribution >= 0.6 is 15.9 Å². The topological polar surface area (TPSA) is 12.0 Å². The molecule has 0 spiro atoms. The summed E-state index contributed by atoms with van der Waals surface area (Å²) in [6, 6.07) is 8.67. The highest BCUT2D eigenvalue weighted by Crippen LogP contribution is 2.36. The summed E-state index contributed by atoms with van der Waals surface area (Å²) in [5, 5.41) is 3.58. The normalized spacial score (nSPS) is 25.9. The van der Waals surface area contributed by atoms with E-state index in [0.717, 1.165) is 6.54 Å². The van der Waals surface area contributed by atoms with Crippen molar-refractivity contribution in [2.45, 2.75) is 31.7 Å². The van der Waals surface area contributed by atoms with Crippen LogP contribution in [0.5, 0.6) is 0 Å². The van der Waals surface area contributed by atoms with Crippen molar-refractivity contribution < 1.29 is 0 Å². The molecule has 0 saturated carbocycles. The van der Waals surface area contributed by atoms with Gasteiger partial charge in [-0.05, 0) is 37.1 Å². The lowest BCUT2D eigenvalue weighted by molar-refractivity contribution is 0.191. The minimum absolute atomic E-state index is 0.276. The largest absolute Gasteiger partial charge is 0.307 e. The van der Waals surface area contributed by atoms with E-state index in [1.165, 1.54) is 29.3 Å². The molecule has 1 aromatic rings. The quantitative estimate of drug-likeness (QED) is 0.871. The summed E-state index contributed by atoms with van der Waals surface area (Å²) >= 11 is 3.53. The van der Waals surface area contributed by atoms with Gasteiger partial charge in [-0.25, -0.2) is 0 Å². The molecular weight excluding hydrogens is 238 g/mol. The summed E-state index contributed by atoms with van der Waals surface area (Å²) in [5.74, 6) is 0. The molecule has 1 saturated heterocycles. The van der Waals surface area contributed by atoms with E-state index in [4.69, 9.17) is 0 Å². The zero-order chi connectivity index (χ0) is 10.0. The van der Waals surface area contributed by atoms with Crippen LogP contribution < -0.4 is 5.32 Å². The highest BCUT2D eigenvalue weighted by Gasteiger charge is 2.36. The minimum Gasteiger partial charge on any atom is -0.307 e. The van der Waals surface area contributed by atoms with Gasteiger partial charge in [0.15, 0.2) is 0 Å². The standard InChI is InChI=1S/C12H16BrN/c1-2-6-12(7-8-14-12)10-4-3-5-11(13)9-10/h3-5,9,14H,2,6-8H2,1H3. The van der Waals surface area contributed by atoms with Crippen LogP contribution in [0.2, 0.25) is 0 Å². The number of nitrogens with one attached hydrogen (secondary N) is 1. The molecule has 76 valence electrons. The van der Waals surface area contributed by atoms with E-state index < -0.39 is 0 Å². The minimum atomic E-state index is 0.276. The number of hydrogen-bond acceptors (Lipinski definition) is 1. The van der Waals surface area contributed by atoms with Crippen LogP contribution in [0.25, 0.3) is 0 Å². The Labute approximate surface area is 94.0 Å². The van der Waals surface area contributed by atoms with Gasteiger partial charge in [-0.15, -0.1) is 0 Å². The van der Waals surface area contributed by atoms with Gasteiger partial charge >= 0.3 is 0 Å². The fourth-order valence-electron chi connectivity index (χ4n) is 2.24. The lowest BCUT2D eigenvalue weighted by Crippen LogP contribution is -2.53. The fourth-order valence-corrected chi connectivity index (χ4v) is 2.64. The van der Waals surface area contributed by atoms with Crippen LogP contribution in [0, 0.1) is 0 Å². The highest BCUT2D eigenvalue weighted by molar-refractivity contribution is 9.10. The molecule has 0 aliphatic carbocycles. The molecule has 1 aromatic carbocycles. The van der Waals surface area contributed by atoms with E-state index in [2.05, 4.69) is 52.4 Å². The lowest BCUT2D eigenvalue weighted by atomic mass is 9.77. The second-order valence-corrected chi connectivity index (χ2v) is 4.93. The van der Waals surface area contributed by atoms with Crippen LogP contribution in [0.3, 0.4) is 0 Å². The molecule has 0 radical (unpaired) electrons. The third-order valence-electron chi connectivity index (χ3n) is 3.07. The van der Waals surface area contributed by atoms with Gasteiger partial charge in [0.05, 0.1) is 0 Å². The molecule has 1 aliphatic rings. The Bertz CT molecular complexity index is 318. The van der Waals surface area contributed by atoms with Gasteiger partial charge in [0.2, 0.25) is 0 Å². The van der Waals surface area contributed by atoms with Gasteiger partial charge in [-0.3, -0.25) is 0 Å². The van der Waals surface area contributed by atoms with Crippen LogP contribution in [-0.2, 0) is 5.54 Å². The lowest BCUT2D eigenvalue weighted by Gasteiger charge is -2.44. The van der Waals surface area contributed by atoms with Crippen molar-refractivity contribution in [1.82, 2.24) is 5.32 Å². The van der Waals surface area contributed by atoms with E-state index in [1.807, 2.05) is 0 Å². The Morgan fingerprint density at radius 2 is 2.29 bits per heavy atom. The second-order valence-electron chi connectivity index (χ2n) is 4.02. The smallest absolute Gasteiger partial charge is 0.0447 e. The molecule has 0 bridgehead atoms. The Morgan fingerprint density at radius 1 is 1.50 bits per heavy atom. The zero-order valence-corrected chi connectivity index (χ0v) is 10.1. The first-order valence-corrected chi connectivity index (χ1v) is 6.07. The van der Waals surface area contributed by atoms with Crippen LogP contribution in [0.15, 0.2) is 28.7 Å². The van der Waals surface area contributed by atoms with E-state index in [-0.39, 0.29) is 5.54 Å². The summed E-state index contributed by atoms with van der Waals surface area (Å²) in [6.07, 6.45) is 3.75. The molecule has 1 nitrogen and oxygen atoms in total. The van der Waals surface area contributed by atoms with Gasteiger partial charge < -0.3 is 5.32 Å². The fraction of sp³-hybridized carbons (Fsp3) is 0.500. The van der Waals surface area contributed by atoms with E-state index in [1.54, 1.807) is 0 Å². The summed E-state index contributed by atoms with van der Waals surface area (Å²) in [7, 11) is 0. The first kappa shape index (κ1) is 10.2. The molecule has 2 heteroatoms. The first-order chi connectivity index (χ1) is 6.77. The number of benzene rings is 1. The summed E-state index contributed by atoms with van der Waals surface area (Å²) in [5.41, 5.74) is 1.71. The Balaban J connectivity index is 2.27. The van der Waals surface area contributed by atoms with Crippen molar-refractivity contribution in [3.8, 4) is 0 Å². The summed E-state index contributed by atoms with van der Waals surface area (Å²) in [4.78, 5) is 0. The maximum atomic E-state index is 3.58. The predicted molar refractivity (Wildman–Crippen MR) is 63.3 cm³/mol. The Hall–Kier alpha value is -0.340. The van der Waals surface area contributed by atoms with Crippen LogP contribution in [0.4, 0.5) is 0 Å². The molecule has 1 unspecified atom stereocenters. The third kappa shape index (κ3) is 1.73. The molecule has 1 atom stereocenters. The molecule has 1 aliphatic heterocycles. The average Bonchev–Trinajstić information content (AvgIpc) is 2.11. The Morgan fingerprint density at radius 3 is 2.79 bits per heavy atom. The number of rotatable bonds is 3. The maximum absolute atomic E-state index is 3.58. The molecule has 0 aromatic heterocycles. The molecular formula is C12H16BrN. The van der Waals surface area contributed by atoms with Gasteiger partial charge in [0.1, 0.15) is 0 Å². The summed E-state index contributed by atoms with van der Waals surface area (Å²) < 4.78 is 1.18. The van der Waals surface area contributed by atoms with Gasteiger partial charge in [-0.1, -0.05) is 41.4 Å². The highest BCUT2D eigenvalue weighted by atomic mass is 79.9. The first-order valence-electron chi connectivity index (χ1n) is 5.28. The van der Waals surface area contributed by atoms with Gasteiger partial charge in [0.25, 0.3) is 0 Å². The number of halogens is 1. The molecule has 0 amide bonds. The average molecular weight is 254 g/mol. The van der Waals surface area contributed by atoms with Crippen molar-refractivity contribution >= 4 is 15.9 Å². The van der Waals surface area contributed by atoms with E-state index in [0.29, 0.717) is 0 Å². The molecule has 14 heavy (non-hydrogen) atoms. The SMILES string of the molecule is CCCC1(c2cccc(Br)c2)CCN1. The summed E-state index contributed by atoms with van der Waals surface area (Å²) in [6.45, 7) is 3.41.